The summed E-state index contributed by atoms with van der Waals surface area (Å²) in [5, 5.41) is 7.01. The van der Waals surface area contributed by atoms with Crippen molar-refractivity contribution < 1.29 is 9.59 Å². The smallest absolute Gasteiger partial charge is 0.256 e. The molecule has 0 saturated carbocycles. The van der Waals surface area contributed by atoms with E-state index in [9.17, 15) is 9.59 Å². The van der Waals surface area contributed by atoms with Crippen LogP contribution in [0.1, 0.15) is 65.3 Å². The van der Waals surface area contributed by atoms with Gasteiger partial charge >= 0.3 is 0 Å². The maximum atomic E-state index is 12.8. The highest BCUT2D eigenvalue weighted by molar-refractivity contribution is 7.17. The molecular weight excluding hydrogens is 392 g/mol. The summed E-state index contributed by atoms with van der Waals surface area (Å²) in [4.78, 5) is 26.7. The van der Waals surface area contributed by atoms with Crippen molar-refractivity contribution >= 4 is 39.8 Å². The summed E-state index contributed by atoms with van der Waals surface area (Å²) >= 11 is 7.55. The van der Waals surface area contributed by atoms with E-state index in [0.29, 0.717) is 33.6 Å². The second kappa shape index (κ2) is 8.26. The average Bonchev–Trinajstić information content (AvgIpc) is 2.98. The SMILES string of the molecule is CCNC(=O)c1c(NC(=O)c2cccc(Cl)c2)sc2c1CC[C@@H](C(C)(C)C)C2. The second-order valence-corrected chi connectivity index (χ2v) is 9.88. The Morgan fingerprint density at radius 1 is 1.25 bits per heavy atom. The van der Waals surface area contributed by atoms with Gasteiger partial charge in [0, 0.05) is 22.0 Å². The van der Waals surface area contributed by atoms with Gasteiger partial charge in [0.2, 0.25) is 0 Å². The zero-order valence-electron chi connectivity index (χ0n) is 16.8. The minimum absolute atomic E-state index is 0.115. The zero-order valence-corrected chi connectivity index (χ0v) is 18.4. The van der Waals surface area contributed by atoms with E-state index in [0.717, 1.165) is 24.8 Å². The number of carbonyl (C=O) groups is 2. The van der Waals surface area contributed by atoms with Crippen LogP contribution >= 0.6 is 22.9 Å². The van der Waals surface area contributed by atoms with E-state index in [1.54, 1.807) is 24.3 Å². The number of hydrogen-bond donors (Lipinski definition) is 2. The standard InChI is InChI=1S/C22H27ClN2O2S/c1-5-24-20(27)18-16-10-9-14(22(2,3)4)12-17(16)28-21(18)25-19(26)13-7-6-8-15(23)11-13/h6-8,11,14H,5,9-10,12H2,1-4H3,(H,24,27)(H,25,26)/t14-/m1/s1. The molecule has 1 heterocycles. The van der Waals surface area contributed by atoms with Gasteiger partial charge in [-0.3, -0.25) is 9.59 Å². The van der Waals surface area contributed by atoms with Crippen molar-refractivity contribution in [2.75, 3.05) is 11.9 Å². The highest BCUT2D eigenvalue weighted by atomic mass is 35.5. The van der Waals surface area contributed by atoms with Crippen molar-refractivity contribution in [3.63, 3.8) is 0 Å². The van der Waals surface area contributed by atoms with Gasteiger partial charge in [-0.2, -0.15) is 0 Å². The van der Waals surface area contributed by atoms with Crippen LogP contribution in [0, 0.1) is 11.3 Å². The van der Waals surface area contributed by atoms with E-state index >= 15 is 0 Å². The first-order valence-corrected chi connectivity index (χ1v) is 10.9. The fraction of sp³-hybridized carbons (Fsp3) is 0.455. The molecular formula is C22H27ClN2O2S. The third-order valence-electron chi connectivity index (χ3n) is 5.37. The Balaban J connectivity index is 1.95. The monoisotopic (exact) mass is 418 g/mol. The summed E-state index contributed by atoms with van der Waals surface area (Å²) < 4.78 is 0. The van der Waals surface area contributed by atoms with E-state index < -0.39 is 0 Å². The fourth-order valence-corrected chi connectivity index (χ4v) is 5.22. The second-order valence-electron chi connectivity index (χ2n) is 8.34. The molecule has 1 aliphatic rings. The first-order chi connectivity index (χ1) is 13.2. The van der Waals surface area contributed by atoms with Gasteiger partial charge in [0.15, 0.2) is 0 Å². The first-order valence-electron chi connectivity index (χ1n) is 9.70. The fourth-order valence-electron chi connectivity index (χ4n) is 3.71. The normalized spacial score (nSPS) is 16.4. The molecule has 2 N–H and O–H groups in total. The van der Waals surface area contributed by atoms with E-state index in [-0.39, 0.29) is 17.2 Å². The molecule has 0 unspecified atom stereocenters. The molecule has 0 bridgehead atoms. The summed E-state index contributed by atoms with van der Waals surface area (Å²) in [7, 11) is 0. The molecule has 0 spiro atoms. The third kappa shape index (κ3) is 4.41. The number of nitrogens with one attached hydrogen (secondary N) is 2. The highest BCUT2D eigenvalue weighted by Gasteiger charge is 2.34. The van der Waals surface area contributed by atoms with Gasteiger partial charge in [-0.15, -0.1) is 11.3 Å². The molecule has 0 fully saturated rings. The molecule has 0 saturated heterocycles. The minimum Gasteiger partial charge on any atom is -0.352 e. The number of thiophene rings is 1. The molecule has 2 aromatic rings. The predicted molar refractivity (Wildman–Crippen MR) is 117 cm³/mol. The van der Waals surface area contributed by atoms with Gasteiger partial charge in [0.1, 0.15) is 5.00 Å². The Hall–Kier alpha value is -1.85. The van der Waals surface area contributed by atoms with E-state index in [1.165, 1.54) is 16.2 Å². The van der Waals surface area contributed by atoms with Crippen LogP contribution in [0.5, 0.6) is 0 Å². The summed E-state index contributed by atoms with van der Waals surface area (Å²) in [5.74, 6) is 0.201. The molecule has 1 aliphatic carbocycles. The van der Waals surface area contributed by atoms with Crippen LogP contribution in [-0.4, -0.2) is 18.4 Å². The minimum atomic E-state index is -0.251. The van der Waals surface area contributed by atoms with E-state index in [1.807, 2.05) is 6.92 Å². The molecule has 0 aliphatic heterocycles. The van der Waals surface area contributed by atoms with Crippen molar-refractivity contribution in [2.24, 2.45) is 11.3 Å². The molecule has 150 valence electrons. The van der Waals surface area contributed by atoms with Crippen molar-refractivity contribution in [1.29, 1.82) is 0 Å². The predicted octanol–water partition coefficient (Wildman–Crippen LogP) is 5.55. The van der Waals surface area contributed by atoms with Crippen molar-refractivity contribution in [2.45, 2.75) is 47.0 Å². The number of carbonyl (C=O) groups excluding carboxylic acids is 2. The van der Waals surface area contributed by atoms with Crippen LogP contribution in [0.25, 0.3) is 0 Å². The Bertz CT molecular complexity index is 898. The van der Waals surface area contributed by atoms with Crippen molar-refractivity contribution in [1.82, 2.24) is 5.32 Å². The van der Waals surface area contributed by atoms with Crippen LogP contribution in [-0.2, 0) is 12.8 Å². The maximum Gasteiger partial charge on any atom is 0.256 e. The average molecular weight is 419 g/mol. The summed E-state index contributed by atoms with van der Waals surface area (Å²) in [6.07, 6.45) is 2.87. The molecule has 1 aromatic heterocycles. The van der Waals surface area contributed by atoms with Crippen LogP contribution in [0.4, 0.5) is 5.00 Å². The van der Waals surface area contributed by atoms with Gasteiger partial charge in [0.25, 0.3) is 11.8 Å². The van der Waals surface area contributed by atoms with Crippen LogP contribution in [0.2, 0.25) is 5.02 Å². The van der Waals surface area contributed by atoms with Crippen molar-refractivity contribution in [3.8, 4) is 0 Å². The number of halogens is 1. The van der Waals surface area contributed by atoms with Gasteiger partial charge < -0.3 is 10.6 Å². The van der Waals surface area contributed by atoms with Gasteiger partial charge in [-0.05, 0) is 61.3 Å². The topological polar surface area (TPSA) is 58.2 Å². The molecule has 6 heteroatoms. The lowest BCUT2D eigenvalue weighted by Crippen LogP contribution is -2.28. The summed E-state index contributed by atoms with van der Waals surface area (Å²) in [6.45, 7) is 9.25. The number of hydrogen-bond acceptors (Lipinski definition) is 3. The quantitative estimate of drug-likeness (QED) is 0.683. The lowest BCUT2D eigenvalue weighted by atomic mass is 9.72. The van der Waals surface area contributed by atoms with Gasteiger partial charge in [0.05, 0.1) is 5.56 Å². The molecule has 1 aromatic carbocycles. The maximum absolute atomic E-state index is 12.8. The number of amides is 2. The lowest BCUT2D eigenvalue weighted by molar-refractivity contribution is 0.0955. The Labute approximate surface area is 175 Å². The van der Waals surface area contributed by atoms with Crippen LogP contribution in [0.3, 0.4) is 0 Å². The van der Waals surface area contributed by atoms with E-state index in [2.05, 4.69) is 31.4 Å². The molecule has 28 heavy (non-hydrogen) atoms. The Kier molecular flexibility index (Phi) is 6.15. The lowest BCUT2D eigenvalue weighted by Gasteiger charge is -2.33. The van der Waals surface area contributed by atoms with Gasteiger partial charge in [-0.1, -0.05) is 38.4 Å². The highest BCUT2D eigenvalue weighted by Crippen LogP contribution is 2.44. The molecule has 1 atom stereocenters. The molecule has 4 nitrogen and oxygen atoms in total. The van der Waals surface area contributed by atoms with E-state index in [4.69, 9.17) is 11.6 Å². The summed E-state index contributed by atoms with van der Waals surface area (Å²) in [6, 6.07) is 6.83. The largest absolute Gasteiger partial charge is 0.352 e. The number of benzene rings is 1. The van der Waals surface area contributed by atoms with Crippen LogP contribution in [0.15, 0.2) is 24.3 Å². The Morgan fingerprint density at radius 2 is 2.00 bits per heavy atom. The first kappa shape index (κ1) is 20.9. The zero-order chi connectivity index (χ0) is 20.5. The summed E-state index contributed by atoms with van der Waals surface area (Å²) in [5.41, 5.74) is 2.42. The van der Waals surface area contributed by atoms with Crippen LogP contribution < -0.4 is 10.6 Å². The van der Waals surface area contributed by atoms with Crippen molar-refractivity contribution in [3.05, 3.63) is 50.9 Å². The number of fused-ring (bicyclic) bond motifs is 1. The number of rotatable bonds is 4. The molecule has 2 amide bonds. The molecule has 0 radical (unpaired) electrons. The third-order valence-corrected chi connectivity index (χ3v) is 6.77. The molecule has 3 rings (SSSR count). The Morgan fingerprint density at radius 3 is 2.64 bits per heavy atom. The van der Waals surface area contributed by atoms with Gasteiger partial charge in [-0.25, -0.2) is 0 Å². The number of anilines is 1.